The number of anilines is 1. The smallest absolute Gasteiger partial charge is 0.276 e. The number of hydrogen-bond acceptors (Lipinski definition) is 3. The molecule has 112 valence electrons. The van der Waals surface area contributed by atoms with Gasteiger partial charge in [-0.1, -0.05) is 18.2 Å². The van der Waals surface area contributed by atoms with Crippen molar-refractivity contribution in [3.05, 3.63) is 63.4 Å². The van der Waals surface area contributed by atoms with E-state index in [4.69, 9.17) is 0 Å². The van der Waals surface area contributed by atoms with Crippen molar-refractivity contribution in [2.45, 2.75) is 0 Å². The topological polar surface area (TPSA) is 69.6 Å². The number of H-pyrrole nitrogens is 1. The Morgan fingerprint density at radius 2 is 2.00 bits per heavy atom. The van der Waals surface area contributed by atoms with Crippen molar-refractivity contribution in [3.8, 4) is 0 Å². The van der Waals surface area contributed by atoms with E-state index in [2.05, 4.69) is 43.1 Å². The predicted octanol–water partition coefficient (Wildman–Crippen LogP) is 3.55. The zero-order valence-corrected chi connectivity index (χ0v) is 14.0. The molecule has 2 aromatic carbocycles. The Kier molecular flexibility index (Phi) is 3.45. The fourth-order valence-corrected chi connectivity index (χ4v) is 3.07. The molecule has 0 radical (unpaired) electrons. The molecule has 6 heteroatoms. The second-order valence-electron chi connectivity index (χ2n) is 5.13. The molecule has 5 nitrogen and oxygen atoms in total. The lowest BCUT2D eigenvalue weighted by atomic mass is 10.1. The van der Waals surface area contributed by atoms with Crippen molar-refractivity contribution in [1.82, 2.24) is 4.98 Å². The molecule has 0 unspecified atom stereocenters. The molecule has 0 saturated heterocycles. The summed E-state index contributed by atoms with van der Waals surface area (Å²) in [6.45, 7) is 0. The standard InChI is InChI=1S/C17H11IN4O/c18-11-5-6-15-13(7-11)16(17(23)21-15)22-20-9-10-8-19-14-4-2-1-3-12(10)14/h1-9,19H,(H,21,22,23)/b20-9+. The third-order valence-corrected chi connectivity index (χ3v) is 4.35. The Hall–Kier alpha value is -2.48. The number of carbonyl (C=O) groups excluding carboxylic acids is 1. The molecular formula is C17H11IN4O. The number of hydrogen-bond donors (Lipinski definition) is 2. The van der Waals surface area contributed by atoms with E-state index in [0.29, 0.717) is 5.71 Å². The van der Waals surface area contributed by atoms with Gasteiger partial charge in [-0.2, -0.15) is 5.10 Å². The summed E-state index contributed by atoms with van der Waals surface area (Å²) in [5.74, 6) is -0.224. The van der Waals surface area contributed by atoms with Crippen LogP contribution in [0, 0.1) is 3.57 Å². The van der Waals surface area contributed by atoms with Crippen LogP contribution in [0.5, 0.6) is 0 Å². The van der Waals surface area contributed by atoms with Gasteiger partial charge in [0, 0.05) is 31.8 Å². The molecule has 3 aromatic rings. The van der Waals surface area contributed by atoms with Gasteiger partial charge in [0.15, 0.2) is 5.71 Å². The van der Waals surface area contributed by atoms with Gasteiger partial charge in [-0.05, 0) is 46.9 Å². The first kappa shape index (κ1) is 14.1. The van der Waals surface area contributed by atoms with E-state index in [1.807, 2.05) is 48.7 Å². The maximum Gasteiger partial charge on any atom is 0.276 e. The number of aromatic amines is 1. The molecule has 0 fully saturated rings. The average molecular weight is 414 g/mol. The molecule has 0 atom stereocenters. The summed E-state index contributed by atoms with van der Waals surface area (Å²) in [5.41, 5.74) is 3.88. The van der Waals surface area contributed by atoms with Gasteiger partial charge < -0.3 is 10.3 Å². The van der Waals surface area contributed by atoms with Gasteiger partial charge >= 0.3 is 0 Å². The van der Waals surface area contributed by atoms with Crippen molar-refractivity contribution >= 4 is 57.0 Å². The zero-order valence-electron chi connectivity index (χ0n) is 11.9. The molecule has 0 spiro atoms. The number of para-hydroxylation sites is 1. The molecule has 23 heavy (non-hydrogen) atoms. The number of nitrogens with zero attached hydrogens (tertiary/aromatic N) is 2. The summed E-state index contributed by atoms with van der Waals surface area (Å²) in [6.07, 6.45) is 3.53. The van der Waals surface area contributed by atoms with Gasteiger partial charge in [0.25, 0.3) is 5.91 Å². The number of amides is 1. The van der Waals surface area contributed by atoms with Gasteiger partial charge in [0.05, 0.1) is 11.9 Å². The highest BCUT2D eigenvalue weighted by atomic mass is 127. The lowest BCUT2D eigenvalue weighted by molar-refractivity contribution is -0.110. The van der Waals surface area contributed by atoms with Gasteiger partial charge in [0.1, 0.15) is 0 Å². The van der Waals surface area contributed by atoms with E-state index >= 15 is 0 Å². The Bertz CT molecular complexity index is 987. The van der Waals surface area contributed by atoms with Crippen molar-refractivity contribution in [3.63, 3.8) is 0 Å². The number of benzene rings is 2. The second kappa shape index (κ2) is 5.62. The zero-order chi connectivity index (χ0) is 15.8. The van der Waals surface area contributed by atoms with Crippen molar-refractivity contribution < 1.29 is 4.79 Å². The van der Waals surface area contributed by atoms with E-state index in [9.17, 15) is 4.79 Å². The van der Waals surface area contributed by atoms with Crippen LogP contribution in [0.2, 0.25) is 0 Å². The normalized spacial score (nSPS) is 15.5. The van der Waals surface area contributed by atoms with Crippen LogP contribution in [-0.2, 0) is 4.79 Å². The molecule has 2 heterocycles. The lowest BCUT2D eigenvalue weighted by Gasteiger charge is -1.96. The van der Waals surface area contributed by atoms with Crippen LogP contribution < -0.4 is 5.32 Å². The highest BCUT2D eigenvalue weighted by molar-refractivity contribution is 14.1. The average Bonchev–Trinajstić information content (AvgIpc) is 3.09. The molecule has 1 aromatic heterocycles. The highest BCUT2D eigenvalue weighted by Gasteiger charge is 2.26. The van der Waals surface area contributed by atoms with Crippen LogP contribution in [0.15, 0.2) is 58.9 Å². The van der Waals surface area contributed by atoms with Gasteiger partial charge in [-0.3, -0.25) is 4.79 Å². The highest BCUT2D eigenvalue weighted by Crippen LogP contribution is 2.25. The second-order valence-corrected chi connectivity index (χ2v) is 6.37. The summed E-state index contributed by atoms with van der Waals surface area (Å²) in [6, 6.07) is 13.7. The number of nitrogens with one attached hydrogen (secondary N) is 2. The molecule has 0 aliphatic carbocycles. The molecule has 1 aliphatic heterocycles. The van der Waals surface area contributed by atoms with Crippen LogP contribution in [0.1, 0.15) is 11.1 Å². The Morgan fingerprint density at radius 1 is 1.13 bits per heavy atom. The number of halogens is 1. The third-order valence-electron chi connectivity index (χ3n) is 3.68. The molecule has 1 amide bonds. The largest absolute Gasteiger partial charge is 0.361 e. The molecule has 1 aliphatic rings. The van der Waals surface area contributed by atoms with Crippen molar-refractivity contribution in [1.29, 1.82) is 0 Å². The summed E-state index contributed by atoms with van der Waals surface area (Å²) < 4.78 is 1.05. The SMILES string of the molecule is O=C1Nc2ccc(I)cc2/C1=N/N=C/c1c[nH]c2ccccc12. The molecule has 2 N–H and O–H groups in total. The lowest BCUT2D eigenvalue weighted by Crippen LogP contribution is -2.13. The van der Waals surface area contributed by atoms with E-state index in [-0.39, 0.29) is 5.91 Å². The Balaban J connectivity index is 1.69. The Morgan fingerprint density at radius 3 is 2.91 bits per heavy atom. The summed E-state index contributed by atoms with van der Waals surface area (Å²) in [5, 5.41) is 12.1. The minimum absolute atomic E-state index is 0.224. The minimum Gasteiger partial charge on any atom is -0.361 e. The predicted molar refractivity (Wildman–Crippen MR) is 100 cm³/mol. The van der Waals surface area contributed by atoms with Gasteiger partial charge in [0.2, 0.25) is 0 Å². The maximum atomic E-state index is 12.0. The Labute approximate surface area is 145 Å². The van der Waals surface area contributed by atoms with E-state index in [1.54, 1.807) is 6.21 Å². The monoisotopic (exact) mass is 414 g/mol. The molecular weight excluding hydrogens is 403 g/mol. The first-order valence-corrected chi connectivity index (χ1v) is 8.09. The molecule has 0 saturated carbocycles. The minimum atomic E-state index is -0.224. The van der Waals surface area contributed by atoms with Crippen LogP contribution in [0.25, 0.3) is 10.9 Å². The number of aromatic nitrogens is 1. The van der Waals surface area contributed by atoms with E-state index in [1.165, 1.54) is 0 Å². The number of rotatable bonds is 2. The fraction of sp³-hybridized carbons (Fsp3) is 0. The first-order valence-electron chi connectivity index (χ1n) is 7.01. The molecule has 4 rings (SSSR count). The van der Waals surface area contributed by atoms with Crippen LogP contribution in [-0.4, -0.2) is 22.8 Å². The number of fused-ring (bicyclic) bond motifs is 2. The van der Waals surface area contributed by atoms with Gasteiger partial charge in [-0.25, -0.2) is 0 Å². The quantitative estimate of drug-likeness (QED) is 0.376. The van der Waals surface area contributed by atoms with Crippen molar-refractivity contribution in [2.75, 3.05) is 5.32 Å². The van der Waals surface area contributed by atoms with Crippen LogP contribution in [0.3, 0.4) is 0 Å². The summed E-state index contributed by atoms with van der Waals surface area (Å²) in [4.78, 5) is 15.2. The van der Waals surface area contributed by atoms with Crippen LogP contribution in [0.4, 0.5) is 5.69 Å². The van der Waals surface area contributed by atoms with E-state index < -0.39 is 0 Å². The summed E-state index contributed by atoms with van der Waals surface area (Å²) >= 11 is 2.21. The van der Waals surface area contributed by atoms with E-state index in [0.717, 1.165) is 31.3 Å². The van der Waals surface area contributed by atoms with Gasteiger partial charge in [-0.15, -0.1) is 5.10 Å². The first-order chi connectivity index (χ1) is 11.2. The maximum absolute atomic E-state index is 12.0. The fourth-order valence-electron chi connectivity index (χ4n) is 2.57. The summed E-state index contributed by atoms with van der Waals surface area (Å²) in [7, 11) is 0. The number of carbonyl (C=O) groups is 1. The van der Waals surface area contributed by atoms with Crippen LogP contribution >= 0.6 is 22.6 Å². The third kappa shape index (κ3) is 2.55. The van der Waals surface area contributed by atoms with Crippen molar-refractivity contribution in [2.24, 2.45) is 10.2 Å². The molecule has 0 bridgehead atoms.